The van der Waals surface area contributed by atoms with E-state index in [-0.39, 0.29) is 5.91 Å². The monoisotopic (exact) mass is 243 g/mol. The Morgan fingerprint density at radius 1 is 1.28 bits per heavy atom. The van der Waals surface area contributed by atoms with Crippen molar-refractivity contribution in [3.63, 3.8) is 0 Å². The van der Waals surface area contributed by atoms with Gasteiger partial charge in [0.15, 0.2) is 0 Å². The van der Waals surface area contributed by atoms with Gasteiger partial charge in [-0.2, -0.15) is 0 Å². The van der Waals surface area contributed by atoms with Gasteiger partial charge in [0.05, 0.1) is 5.52 Å². The summed E-state index contributed by atoms with van der Waals surface area (Å²) in [5.74, 6) is -0.901. The summed E-state index contributed by atoms with van der Waals surface area (Å²) in [7, 11) is 0. The number of rotatable bonds is 3. The molecule has 5 nitrogen and oxygen atoms in total. The third-order valence-electron chi connectivity index (χ3n) is 2.66. The van der Waals surface area contributed by atoms with Crippen LogP contribution in [0.2, 0.25) is 0 Å². The van der Waals surface area contributed by atoms with Crippen molar-refractivity contribution in [2.45, 2.75) is 13.0 Å². The van der Waals surface area contributed by atoms with Gasteiger partial charge in [-0.3, -0.25) is 14.6 Å². The summed E-state index contributed by atoms with van der Waals surface area (Å²) in [6, 6.07) is 8.13. The van der Waals surface area contributed by atoms with Gasteiger partial charge in [-0.15, -0.1) is 0 Å². The standard InChI is InChI=1S/C13H13N3O2/c1-8(12(14)17)16-13(18)10-4-2-6-11-9(10)5-3-7-15-11/h2-8H,1H3,(H2,14,17)(H,16,18). The lowest BCUT2D eigenvalue weighted by atomic mass is 10.1. The smallest absolute Gasteiger partial charge is 0.252 e. The van der Waals surface area contributed by atoms with Crippen LogP contribution in [-0.2, 0) is 4.79 Å². The summed E-state index contributed by atoms with van der Waals surface area (Å²) in [5, 5.41) is 3.29. The number of hydrogen-bond donors (Lipinski definition) is 2. The molecule has 0 aliphatic rings. The third kappa shape index (κ3) is 2.29. The van der Waals surface area contributed by atoms with E-state index in [9.17, 15) is 9.59 Å². The zero-order valence-electron chi connectivity index (χ0n) is 9.88. The highest BCUT2D eigenvalue weighted by molar-refractivity contribution is 6.07. The molecule has 0 saturated carbocycles. The van der Waals surface area contributed by atoms with Gasteiger partial charge in [0.25, 0.3) is 5.91 Å². The second-order valence-corrected chi connectivity index (χ2v) is 3.97. The van der Waals surface area contributed by atoms with Gasteiger partial charge in [0, 0.05) is 17.1 Å². The van der Waals surface area contributed by atoms with Crippen molar-refractivity contribution in [2.24, 2.45) is 5.73 Å². The maximum absolute atomic E-state index is 12.0. The van der Waals surface area contributed by atoms with Gasteiger partial charge in [-0.1, -0.05) is 12.1 Å². The van der Waals surface area contributed by atoms with E-state index in [2.05, 4.69) is 10.3 Å². The first-order valence-electron chi connectivity index (χ1n) is 5.53. The lowest BCUT2D eigenvalue weighted by molar-refractivity contribution is -0.119. The molecule has 0 fully saturated rings. The molecule has 0 aliphatic heterocycles. The van der Waals surface area contributed by atoms with Crippen molar-refractivity contribution in [1.29, 1.82) is 0 Å². The first-order valence-corrected chi connectivity index (χ1v) is 5.53. The Kier molecular flexibility index (Phi) is 3.23. The highest BCUT2D eigenvalue weighted by Gasteiger charge is 2.15. The van der Waals surface area contributed by atoms with Crippen LogP contribution in [0.3, 0.4) is 0 Å². The maximum Gasteiger partial charge on any atom is 0.252 e. The van der Waals surface area contributed by atoms with Gasteiger partial charge in [-0.25, -0.2) is 0 Å². The molecule has 0 spiro atoms. The number of primary amides is 1. The van der Waals surface area contributed by atoms with Crippen LogP contribution in [0.25, 0.3) is 10.9 Å². The molecule has 0 radical (unpaired) electrons. The summed E-state index contributed by atoms with van der Waals surface area (Å²) < 4.78 is 0. The van der Waals surface area contributed by atoms with E-state index in [1.807, 2.05) is 12.1 Å². The molecule has 1 heterocycles. The van der Waals surface area contributed by atoms with Crippen molar-refractivity contribution < 1.29 is 9.59 Å². The maximum atomic E-state index is 12.0. The molecule has 0 bridgehead atoms. The topological polar surface area (TPSA) is 85.1 Å². The summed E-state index contributed by atoms with van der Waals surface area (Å²) >= 11 is 0. The molecule has 1 aromatic heterocycles. The lowest BCUT2D eigenvalue weighted by Gasteiger charge is -2.11. The SMILES string of the molecule is CC(NC(=O)c1cccc2ncccc12)C(N)=O. The van der Waals surface area contributed by atoms with Crippen molar-refractivity contribution in [1.82, 2.24) is 10.3 Å². The Labute approximate surface area is 104 Å². The Bertz CT molecular complexity index is 605. The van der Waals surface area contributed by atoms with Crippen LogP contribution in [0.15, 0.2) is 36.5 Å². The first-order chi connectivity index (χ1) is 8.59. The molecule has 92 valence electrons. The minimum atomic E-state index is -0.704. The number of aromatic nitrogens is 1. The largest absolute Gasteiger partial charge is 0.368 e. The van der Waals surface area contributed by atoms with Gasteiger partial charge in [0.2, 0.25) is 5.91 Å². The number of fused-ring (bicyclic) bond motifs is 1. The number of carbonyl (C=O) groups excluding carboxylic acids is 2. The minimum Gasteiger partial charge on any atom is -0.368 e. The quantitative estimate of drug-likeness (QED) is 0.837. The summed E-state index contributed by atoms with van der Waals surface area (Å²) in [5.41, 5.74) is 6.32. The van der Waals surface area contributed by atoms with Crippen LogP contribution in [0.4, 0.5) is 0 Å². The van der Waals surface area contributed by atoms with Crippen LogP contribution in [0.5, 0.6) is 0 Å². The van der Waals surface area contributed by atoms with E-state index in [4.69, 9.17) is 5.73 Å². The predicted molar refractivity (Wildman–Crippen MR) is 67.9 cm³/mol. The molecular formula is C13H13N3O2. The summed E-state index contributed by atoms with van der Waals surface area (Å²) in [4.78, 5) is 27.1. The molecule has 2 aromatic rings. The second kappa shape index (κ2) is 4.83. The molecular weight excluding hydrogens is 230 g/mol. The van der Waals surface area contributed by atoms with Crippen LogP contribution < -0.4 is 11.1 Å². The predicted octanol–water partition coefficient (Wildman–Crippen LogP) is 0.838. The Morgan fingerprint density at radius 3 is 2.78 bits per heavy atom. The molecule has 1 unspecified atom stereocenters. The average Bonchev–Trinajstić information content (AvgIpc) is 2.37. The van der Waals surface area contributed by atoms with E-state index < -0.39 is 11.9 Å². The minimum absolute atomic E-state index is 0.333. The Morgan fingerprint density at radius 2 is 2.06 bits per heavy atom. The van der Waals surface area contributed by atoms with Crippen molar-refractivity contribution in [2.75, 3.05) is 0 Å². The van der Waals surface area contributed by atoms with Gasteiger partial charge >= 0.3 is 0 Å². The average molecular weight is 243 g/mol. The number of hydrogen-bond acceptors (Lipinski definition) is 3. The Hall–Kier alpha value is -2.43. The Balaban J connectivity index is 2.36. The molecule has 2 amide bonds. The molecule has 18 heavy (non-hydrogen) atoms. The van der Waals surface area contributed by atoms with Gasteiger partial charge in [0.1, 0.15) is 6.04 Å². The molecule has 1 atom stereocenters. The lowest BCUT2D eigenvalue weighted by Crippen LogP contribution is -2.42. The fraction of sp³-hybridized carbons (Fsp3) is 0.154. The number of pyridine rings is 1. The fourth-order valence-electron chi connectivity index (χ4n) is 1.65. The number of nitrogens with one attached hydrogen (secondary N) is 1. The van der Waals surface area contributed by atoms with Crippen molar-refractivity contribution in [3.8, 4) is 0 Å². The number of nitrogens with two attached hydrogens (primary N) is 1. The molecule has 1 aromatic carbocycles. The van der Waals surface area contributed by atoms with Crippen LogP contribution >= 0.6 is 0 Å². The van der Waals surface area contributed by atoms with Crippen LogP contribution in [0, 0.1) is 0 Å². The normalized spacial score (nSPS) is 12.1. The van der Waals surface area contributed by atoms with Gasteiger partial charge < -0.3 is 11.1 Å². The first kappa shape index (κ1) is 12.0. The molecule has 0 aliphatic carbocycles. The molecule has 3 N–H and O–H groups in total. The van der Waals surface area contributed by atoms with Crippen LogP contribution in [0.1, 0.15) is 17.3 Å². The molecule has 0 saturated heterocycles. The van der Waals surface area contributed by atoms with E-state index in [0.29, 0.717) is 5.56 Å². The van der Waals surface area contributed by atoms with E-state index in [1.54, 1.807) is 31.3 Å². The van der Waals surface area contributed by atoms with Crippen LogP contribution in [-0.4, -0.2) is 22.8 Å². The summed E-state index contributed by atoms with van der Waals surface area (Å²) in [6.45, 7) is 1.55. The van der Waals surface area contributed by atoms with E-state index >= 15 is 0 Å². The summed E-state index contributed by atoms with van der Waals surface area (Å²) in [6.07, 6.45) is 1.66. The molecule has 5 heteroatoms. The van der Waals surface area contributed by atoms with E-state index in [1.165, 1.54) is 0 Å². The van der Waals surface area contributed by atoms with Gasteiger partial charge in [-0.05, 0) is 25.1 Å². The number of carbonyl (C=O) groups is 2. The highest BCUT2D eigenvalue weighted by atomic mass is 16.2. The number of benzene rings is 1. The zero-order chi connectivity index (χ0) is 13.1. The van der Waals surface area contributed by atoms with Crippen molar-refractivity contribution in [3.05, 3.63) is 42.1 Å². The second-order valence-electron chi connectivity index (χ2n) is 3.97. The third-order valence-corrected chi connectivity index (χ3v) is 2.66. The fourth-order valence-corrected chi connectivity index (χ4v) is 1.65. The molecule has 2 rings (SSSR count). The van der Waals surface area contributed by atoms with Crippen molar-refractivity contribution >= 4 is 22.7 Å². The van der Waals surface area contributed by atoms with E-state index in [0.717, 1.165) is 10.9 Å². The number of nitrogens with zero attached hydrogens (tertiary/aromatic N) is 1. The highest BCUT2D eigenvalue weighted by Crippen LogP contribution is 2.16. The zero-order valence-corrected chi connectivity index (χ0v) is 9.88. The number of amides is 2.